The molecule has 0 aliphatic heterocycles. The van der Waals surface area contributed by atoms with E-state index >= 15 is 0 Å². The fraction of sp³-hybridized carbons (Fsp3) is 1.00. The van der Waals surface area contributed by atoms with E-state index < -0.39 is 0 Å². The molecule has 0 bridgehead atoms. The van der Waals surface area contributed by atoms with E-state index in [1.165, 1.54) is 38.8 Å². The number of aliphatic hydroxyl groups is 2. The van der Waals surface area contributed by atoms with Crippen LogP contribution >= 0.6 is 12.4 Å². The molecule has 0 aliphatic carbocycles. The minimum absolute atomic E-state index is 0. The van der Waals surface area contributed by atoms with E-state index in [1.54, 1.807) is 0 Å². The summed E-state index contributed by atoms with van der Waals surface area (Å²) in [5, 5.41) is 22.5. The van der Waals surface area contributed by atoms with Gasteiger partial charge in [-0.05, 0) is 25.9 Å². The molecule has 0 atom stereocenters. The van der Waals surface area contributed by atoms with Crippen molar-refractivity contribution in [2.75, 3.05) is 39.4 Å². The first-order chi connectivity index (χ1) is 7.83. The van der Waals surface area contributed by atoms with Crippen molar-refractivity contribution < 1.29 is 32.8 Å². The molecule has 0 aromatic heterocycles. The summed E-state index contributed by atoms with van der Waals surface area (Å²) in [6.07, 6.45) is 5.26. The number of unbranched alkanes of at least 4 members (excludes halogenated alkanes) is 2. The van der Waals surface area contributed by atoms with Crippen molar-refractivity contribution in [1.29, 1.82) is 0 Å². The van der Waals surface area contributed by atoms with E-state index in [0.717, 1.165) is 0 Å². The van der Waals surface area contributed by atoms with Crippen LogP contribution in [-0.4, -0.2) is 84.6 Å². The zero-order valence-electron chi connectivity index (χ0n) is 12.3. The van der Waals surface area contributed by atoms with Crippen molar-refractivity contribution in [3.63, 3.8) is 0 Å². The monoisotopic (exact) mass is 367 g/mol. The van der Waals surface area contributed by atoms with Gasteiger partial charge >= 0.3 is 29.6 Å². The standard InChI is InChI=1S/C8H19N.C4H11NO2.ClH.Mn.Na.H2O.H/c1-3-5-7-9-8-6-4-2;6-3-1-5-2-4-7;;;;;/h9H,3-8H2,1-2H3;5-7H,1-4H2;1H;;;1H2;. The second-order valence-electron chi connectivity index (χ2n) is 3.65. The third-order valence-corrected chi connectivity index (χ3v) is 1.99. The predicted octanol–water partition coefficient (Wildman–Crippen LogP) is -0.317. The van der Waals surface area contributed by atoms with Crippen LogP contribution < -0.4 is 10.6 Å². The van der Waals surface area contributed by atoms with Gasteiger partial charge in [0.25, 0.3) is 0 Å². The summed E-state index contributed by atoms with van der Waals surface area (Å²) < 4.78 is 0. The van der Waals surface area contributed by atoms with E-state index in [4.69, 9.17) is 10.2 Å². The van der Waals surface area contributed by atoms with Crippen molar-refractivity contribution >= 4 is 42.0 Å². The number of nitrogens with one attached hydrogen (secondary N) is 2. The van der Waals surface area contributed by atoms with Crippen LogP contribution in [0.1, 0.15) is 39.5 Å². The van der Waals surface area contributed by atoms with Gasteiger partial charge in [0.15, 0.2) is 0 Å². The summed E-state index contributed by atoms with van der Waals surface area (Å²) in [5.74, 6) is 0. The molecule has 1 radical (unpaired) electrons. The van der Waals surface area contributed by atoms with Gasteiger partial charge in [-0.2, -0.15) is 0 Å². The first-order valence-corrected chi connectivity index (χ1v) is 6.46. The predicted molar refractivity (Wildman–Crippen MR) is 87.7 cm³/mol. The van der Waals surface area contributed by atoms with Gasteiger partial charge in [0.05, 0.1) is 13.2 Å². The number of hydrogen-bond acceptors (Lipinski definition) is 4. The Bertz CT molecular complexity index is 113. The molecule has 20 heavy (non-hydrogen) atoms. The first-order valence-electron chi connectivity index (χ1n) is 6.46. The molecular weight excluding hydrogens is 334 g/mol. The molecule has 0 unspecified atom stereocenters. The molecular formula is C12H34ClMnN2NaO3. The minimum atomic E-state index is 0. The van der Waals surface area contributed by atoms with Crippen molar-refractivity contribution in [3.05, 3.63) is 0 Å². The molecule has 0 fully saturated rings. The van der Waals surface area contributed by atoms with Crippen LogP contribution in [0, 0.1) is 0 Å². The molecule has 0 aromatic rings. The summed E-state index contributed by atoms with van der Waals surface area (Å²) in [5.41, 5.74) is 0. The molecule has 0 amide bonds. The molecule has 0 saturated carbocycles. The van der Waals surface area contributed by atoms with E-state index in [1.807, 2.05) is 0 Å². The fourth-order valence-electron chi connectivity index (χ4n) is 1.01. The van der Waals surface area contributed by atoms with Gasteiger partial charge < -0.3 is 26.3 Å². The summed E-state index contributed by atoms with van der Waals surface area (Å²) in [6, 6.07) is 0. The number of halogens is 1. The van der Waals surface area contributed by atoms with Crippen LogP contribution in [-0.2, 0) is 17.1 Å². The molecule has 5 nitrogen and oxygen atoms in total. The van der Waals surface area contributed by atoms with Crippen LogP contribution in [0.15, 0.2) is 0 Å². The van der Waals surface area contributed by atoms with Crippen molar-refractivity contribution in [3.8, 4) is 0 Å². The Balaban J connectivity index is -0.0000000416. The Kier molecular flexibility index (Phi) is 80.6. The summed E-state index contributed by atoms with van der Waals surface area (Å²) in [6.45, 7) is 8.27. The second-order valence-corrected chi connectivity index (χ2v) is 3.65. The van der Waals surface area contributed by atoms with Crippen LogP contribution in [0.4, 0.5) is 0 Å². The molecule has 8 heteroatoms. The van der Waals surface area contributed by atoms with Gasteiger partial charge in [-0.3, -0.25) is 0 Å². The Hall–Kier alpha value is 1.61. The van der Waals surface area contributed by atoms with Crippen LogP contribution in [0.3, 0.4) is 0 Å². The molecule has 0 heterocycles. The Morgan fingerprint density at radius 1 is 0.750 bits per heavy atom. The van der Waals surface area contributed by atoms with Crippen LogP contribution in [0.25, 0.3) is 0 Å². The zero-order valence-corrected chi connectivity index (χ0v) is 14.2. The summed E-state index contributed by atoms with van der Waals surface area (Å²) in [4.78, 5) is 0. The molecule has 0 aliphatic rings. The number of aliphatic hydroxyl groups excluding tert-OH is 2. The SMILES string of the molecule is CCCCNCCCC.Cl.O.OCCNCCO.[Mn].[NaH]. The molecule has 0 saturated heterocycles. The fourth-order valence-corrected chi connectivity index (χ4v) is 1.01. The van der Waals surface area contributed by atoms with Crippen molar-refractivity contribution in [1.82, 2.24) is 10.6 Å². The average Bonchev–Trinajstić information content (AvgIpc) is 2.31. The van der Waals surface area contributed by atoms with Gasteiger partial charge in [0, 0.05) is 30.2 Å². The maximum absolute atomic E-state index is 8.15. The zero-order chi connectivity index (χ0) is 12.5. The summed E-state index contributed by atoms with van der Waals surface area (Å²) >= 11 is 0. The Morgan fingerprint density at radius 3 is 1.30 bits per heavy atom. The normalized spacial score (nSPS) is 7.80. The van der Waals surface area contributed by atoms with Crippen LogP contribution in [0.2, 0.25) is 0 Å². The molecule has 0 rings (SSSR count). The van der Waals surface area contributed by atoms with E-state index in [2.05, 4.69) is 24.5 Å². The second kappa shape index (κ2) is 42.8. The molecule has 125 valence electrons. The average molecular weight is 368 g/mol. The van der Waals surface area contributed by atoms with E-state index in [0.29, 0.717) is 13.1 Å². The maximum atomic E-state index is 8.15. The third-order valence-electron chi connectivity index (χ3n) is 1.99. The van der Waals surface area contributed by atoms with Crippen molar-refractivity contribution in [2.45, 2.75) is 39.5 Å². The third kappa shape index (κ3) is 50.4. The van der Waals surface area contributed by atoms with Gasteiger partial charge in [-0.25, -0.2) is 0 Å². The van der Waals surface area contributed by atoms with E-state index in [-0.39, 0.29) is 77.7 Å². The Morgan fingerprint density at radius 2 is 1.05 bits per heavy atom. The number of rotatable bonds is 10. The van der Waals surface area contributed by atoms with Crippen LogP contribution in [0.5, 0.6) is 0 Å². The van der Waals surface area contributed by atoms with E-state index in [9.17, 15) is 0 Å². The first kappa shape index (κ1) is 37.7. The quantitative estimate of drug-likeness (QED) is 0.314. The van der Waals surface area contributed by atoms with Gasteiger partial charge in [-0.1, -0.05) is 26.7 Å². The molecule has 6 N–H and O–H groups in total. The van der Waals surface area contributed by atoms with Gasteiger partial charge in [0.1, 0.15) is 0 Å². The summed E-state index contributed by atoms with van der Waals surface area (Å²) in [7, 11) is 0. The Labute approximate surface area is 163 Å². The molecule has 0 aromatic carbocycles. The van der Waals surface area contributed by atoms with Gasteiger partial charge in [0.2, 0.25) is 0 Å². The van der Waals surface area contributed by atoms with Crippen molar-refractivity contribution in [2.24, 2.45) is 0 Å². The molecule has 0 spiro atoms. The number of hydrogen-bond donors (Lipinski definition) is 4. The topological polar surface area (TPSA) is 96.0 Å². The van der Waals surface area contributed by atoms with Gasteiger partial charge in [-0.15, -0.1) is 12.4 Å².